The normalized spacial score (nSPS) is 19.4. The van der Waals surface area contributed by atoms with Crippen molar-refractivity contribution in [2.45, 2.75) is 52.6 Å². The van der Waals surface area contributed by atoms with Gasteiger partial charge in [0, 0.05) is 18.8 Å². The van der Waals surface area contributed by atoms with Crippen LogP contribution in [0, 0.1) is 5.41 Å². The Morgan fingerprint density at radius 1 is 1.45 bits per heavy atom. The average Bonchev–Trinajstić information content (AvgIpc) is 2.88. The lowest BCUT2D eigenvalue weighted by molar-refractivity contribution is -0.152. The SMILES string of the molecule is CCC1(C(=O)O)CCN(Cc2cncn2C(C)C)CC1. The molecule has 112 valence electrons. The number of aromatic nitrogens is 2. The van der Waals surface area contributed by atoms with Crippen molar-refractivity contribution in [3.63, 3.8) is 0 Å². The Balaban J connectivity index is 1.98. The predicted molar refractivity (Wildman–Crippen MR) is 77.5 cm³/mol. The third kappa shape index (κ3) is 2.87. The largest absolute Gasteiger partial charge is 0.481 e. The van der Waals surface area contributed by atoms with E-state index >= 15 is 0 Å². The third-order valence-electron chi connectivity index (χ3n) is 4.63. The fourth-order valence-corrected chi connectivity index (χ4v) is 3.01. The molecule has 20 heavy (non-hydrogen) atoms. The Morgan fingerprint density at radius 3 is 2.60 bits per heavy atom. The van der Waals surface area contributed by atoms with Gasteiger partial charge < -0.3 is 9.67 Å². The molecular formula is C15H25N3O2. The zero-order valence-electron chi connectivity index (χ0n) is 12.7. The number of hydrogen-bond donors (Lipinski definition) is 1. The monoisotopic (exact) mass is 279 g/mol. The van der Waals surface area contributed by atoms with Gasteiger partial charge in [-0.15, -0.1) is 0 Å². The second-order valence-corrected chi connectivity index (χ2v) is 6.10. The molecule has 0 radical (unpaired) electrons. The molecule has 2 rings (SSSR count). The van der Waals surface area contributed by atoms with Crippen LogP contribution in [0.1, 0.15) is 51.8 Å². The Morgan fingerprint density at radius 2 is 2.10 bits per heavy atom. The zero-order valence-corrected chi connectivity index (χ0v) is 12.7. The molecule has 1 aromatic heterocycles. The fourth-order valence-electron chi connectivity index (χ4n) is 3.01. The number of aliphatic carboxylic acids is 1. The number of nitrogens with zero attached hydrogens (tertiary/aromatic N) is 3. The molecule has 0 amide bonds. The molecule has 0 aromatic carbocycles. The molecule has 0 bridgehead atoms. The summed E-state index contributed by atoms with van der Waals surface area (Å²) in [7, 11) is 0. The minimum atomic E-state index is -0.633. The van der Waals surface area contributed by atoms with Crippen LogP contribution in [-0.2, 0) is 11.3 Å². The molecule has 1 aliphatic rings. The second kappa shape index (κ2) is 5.95. The van der Waals surface area contributed by atoms with E-state index < -0.39 is 11.4 Å². The van der Waals surface area contributed by atoms with E-state index in [1.807, 2.05) is 19.4 Å². The summed E-state index contributed by atoms with van der Waals surface area (Å²) in [5, 5.41) is 9.42. The topological polar surface area (TPSA) is 58.4 Å². The Bertz CT molecular complexity index is 459. The molecule has 0 spiro atoms. The van der Waals surface area contributed by atoms with Gasteiger partial charge in [0.25, 0.3) is 0 Å². The highest BCUT2D eigenvalue weighted by Gasteiger charge is 2.39. The van der Waals surface area contributed by atoms with E-state index in [1.165, 1.54) is 5.69 Å². The first-order chi connectivity index (χ1) is 9.48. The zero-order chi connectivity index (χ0) is 14.8. The van der Waals surface area contributed by atoms with Crippen LogP contribution in [0.2, 0.25) is 0 Å². The van der Waals surface area contributed by atoms with Crippen molar-refractivity contribution in [2.75, 3.05) is 13.1 Å². The van der Waals surface area contributed by atoms with Crippen molar-refractivity contribution in [3.8, 4) is 0 Å². The highest BCUT2D eigenvalue weighted by atomic mass is 16.4. The van der Waals surface area contributed by atoms with Gasteiger partial charge >= 0.3 is 5.97 Å². The summed E-state index contributed by atoms with van der Waals surface area (Å²) in [4.78, 5) is 18.0. The first-order valence-electron chi connectivity index (χ1n) is 7.45. The summed E-state index contributed by atoms with van der Waals surface area (Å²) in [6.45, 7) is 8.84. The summed E-state index contributed by atoms with van der Waals surface area (Å²) in [5.41, 5.74) is 0.703. The molecule has 1 aliphatic heterocycles. The first-order valence-corrected chi connectivity index (χ1v) is 7.45. The maximum absolute atomic E-state index is 11.4. The quantitative estimate of drug-likeness (QED) is 0.900. The van der Waals surface area contributed by atoms with Crippen molar-refractivity contribution in [1.82, 2.24) is 14.5 Å². The number of carbonyl (C=O) groups is 1. The van der Waals surface area contributed by atoms with Gasteiger partial charge in [0.15, 0.2) is 0 Å². The summed E-state index contributed by atoms with van der Waals surface area (Å²) < 4.78 is 2.18. The number of carboxylic acids is 1. The minimum absolute atomic E-state index is 0.408. The fraction of sp³-hybridized carbons (Fsp3) is 0.733. The van der Waals surface area contributed by atoms with E-state index in [0.29, 0.717) is 6.04 Å². The standard InChI is InChI=1S/C15H25N3O2/c1-4-15(14(19)20)5-7-17(8-6-15)10-13-9-16-11-18(13)12(2)3/h9,11-12H,4-8,10H2,1-3H3,(H,19,20). The lowest BCUT2D eigenvalue weighted by Crippen LogP contribution is -2.43. The summed E-state index contributed by atoms with van der Waals surface area (Å²) >= 11 is 0. The van der Waals surface area contributed by atoms with Crippen LogP contribution in [0.5, 0.6) is 0 Å². The van der Waals surface area contributed by atoms with Gasteiger partial charge in [-0.05, 0) is 46.2 Å². The molecule has 0 aliphatic carbocycles. The van der Waals surface area contributed by atoms with Crippen LogP contribution >= 0.6 is 0 Å². The maximum atomic E-state index is 11.4. The van der Waals surface area contributed by atoms with Crippen molar-refractivity contribution in [1.29, 1.82) is 0 Å². The Kier molecular flexibility index (Phi) is 4.48. The smallest absolute Gasteiger partial charge is 0.309 e. The molecule has 2 heterocycles. The van der Waals surface area contributed by atoms with E-state index in [2.05, 4.69) is 28.3 Å². The second-order valence-electron chi connectivity index (χ2n) is 6.10. The summed E-state index contributed by atoms with van der Waals surface area (Å²) in [5.74, 6) is -0.633. The maximum Gasteiger partial charge on any atom is 0.309 e. The lowest BCUT2D eigenvalue weighted by atomic mass is 9.76. The van der Waals surface area contributed by atoms with Gasteiger partial charge in [0.1, 0.15) is 0 Å². The molecule has 0 atom stereocenters. The van der Waals surface area contributed by atoms with Gasteiger partial charge in [-0.25, -0.2) is 4.98 Å². The molecule has 1 aromatic rings. The van der Waals surface area contributed by atoms with Gasteiger partial charge in [-0.2, -0.15) is 0 Å². The predicted octanol–water partition coefficient (Wildman–Crippen LogP) is 2.54. The minimum Gasteiger partial charge on any atom is -0.481 e. The van der Waals surface area contributed by atoms with Crippen LogP contribution < -0.4 is 0 Å². The van der Waals surface area contributed by atoms with Crippen molar-refractivity contribution in [3.05, 3.63) is 18.2 Å². The first kappa shape index (κ1) is 15.0. The molecule has 1 saturated heterocycles. The Hall–Kier alpha value is -1.36. The molecule has 5 nitrogen and oxygen atoms in total. The van der Waals surface area contributed by atoms with Crippen molar-refractivity contribution >= 4 is 5.97 Å². The number of piperidine rings is 1. The molecule has 1 fully saturated rings. The van der Waals surface area contributed by atoms with Crippen molar-refractivity contribution in [2.24, 2.45) is 5.41 Å². The Labute approximate surface area is 120 Å². The van der Waals surface area contributed by atoms with E-state index in [-0.39, 0.29) is 0 Å². The summed E-state index contributed by atoms with van der Waals surface area (Å²) in [6, 6.07) is 0.408. The molecular weight excluding hydrogens is 254 g/mol. The third-order valence-corrected chi connectivity index (χ3v) is 4.63. The lowest BCUT2D eigenvalue weighted by Gasteiger charge is -2.38. The van der Waals surface area contributed by atoms with E-state index in [1.54, 1.807) is 0 Å². The highest BCUT2D eigenvalue weighted by Crippen LogP contribution is 2.35. The highest BCUT2D eigenvalue weighted by molar-refractivity contribution is 5.74. The van der Waals surface area contributed by atoms with Gasteiger partial charge in [-0.3, -0.25) is 9.69 Å². The number of imidazole rings is 1. The number of carboxylic acid groups (broad SMARTS) is 1. The van der Waals surface area contributed by atoms with Crippen molar-refractivity contribution < 1.29 is 9.90 Å². The number of likely N-dealkylation sites (tertiary alicyclic amines) is 1. The van der Waals surface area contributed by atoms with Crippen LogP contribution in [0.3, 0.4) is 0 Å². The van der Waals surface area contributed by atoms with Gasteiger partial charge in [-0.1, -0.05) is 6.92 Å². The van der Waals surface area contributed by atoms with Crippen LogP contribution in [0.4, 0.5) is 0 Å². The summed E-state index contributed by atoms with van der Waals surface area (Å²) in [6.07, 6.45) is 6.00. The van der Waals surface area contributed by atoms with Crippen LogP contribution in [-0.4, -0.2) is 38.6 Å². The molecule has 0 unspecified atom stereocenters. The van der Waals surface area contributed by atoms with Gasteiger partial charge in [0.2, 0.25) is 0 Å². The average molecular weight is 279 g/mol. The number of hydrogen-bond acceptors (Lipinski definition) is 3. The van der Waals surface area contributed by atoms with E-state index in [0.717, 1.165) is 38.9 Å². The number of rotatable bonds is 5. The molecule has 1 N–H and O–H groups in total. The van der Waals surface area contributed by atoms with Crippen LogP contribution in [0.15, 0.2) is 12.5 Å². The van der Waals surface area contributed by atoms with Gasteiger partial charge in [0.05, 0.1) is 17.4 Å². The van der Waals surface area contributed by atoms with E-state index in [4.69, 9.17) is 0 Å². The molecule has 0 saturated carbocycles. The van der Waals surface area contributed by atoms with E-state index in [9.17, 15) is 9.90 Å². The van der Waals surface area contributed by atoms with Crippen LogP contribution in [0.25, 0.3) is 0 Å². The molecule has 5 heteroatoms.